The van der Waals surface area contributed by atoms with E-state index in [-0.39, 0.29) is 24.4 Å². The summed E-state index contributed by atoms with van der Waals surface area (Å²) in [5, 5.41) is 14.8. The zero-order valence-corrected chi connectivity index (χ0v) is 13.9. The van der Waals surface area contributed by atoms with Gasteiger partial charge in [-0.15, -0.1) is 5.10 Å². The second-order valence-corrected chi connectivity index (χ2v) is 6.59. The number of aryl methyl sites for hydroxylation is 1. The van der Waals surface area contributed by atoms with Crippen molar-refractivity contribution in [3.8, 4) is 0 Å². The van der Waals surface area contributed by atoms with Crippen LogP contribution in [0.3, 0.4) is 0 Å². The molecule has 23 heavy (non-hydrogen) atoms. The van der Waals surface area contributed by atoms with Gasteiger partial charge in [0.15, 0.2) is 5.82 Å². The summed E-state index contributed by atoms with van der Waals surface area (Å²) < 4.78 is 1.59. The molecular formula is C17H23N5O. The van der Waals surface area contributed by atoms with E-state index in [1.54, 1.807) is 4.68 Å². The molecule has 0 aliphatic heterocycles. The predicted molar refractivity (Wildman–Crippen MR) is 86.7 cm³/mol. The van der Waals surface area contributed by atoms with Crippen molar-refractivity contribution in [1.82, 2.24) is 25.5 Å². The molecule has 0 bridgehead atoms. The van der Waals surface area contributed by atoms with E-state index in [9.17, 15) is 4.79 Å². The van der Waals surface area contributed by atoms with Crippen LogP contribution in [0.1, 0.15) is 55.6 Å². The number of rotatable bonds is 6. The van der Waals surface area contributed by atoms with Gasteiger partial charge in [-0.1, -0.05) is 38.1 Å². The minimum Gasteiger partial charge on any atom is -0.347 e. The van der Waals surface area contributed by atoms with E-state index in [1.165, 1.54) is 24.0 Å². The molecule has 6 nitrogen and oxygen atoms in total. The van der Waals surface area contributed by atoms with Crippen LogP contribution in [0.4, 0.5) is 0 Å². The number of benzene rings is 1. The third kappa shape index (κ3) is 3.57. The Morgan fingerprint density at radius 2 is 2.09 bits per heavy atom. The van der Waals surface area contributed by atoms with E-state index in [2.05, 4.69) is 39.9 Å². The van der Waals surface area contributed by atoms with E-state index >= 15 is 0 Å². The minimum absolute atomic E-state index is 0.0423. The smallest absolute Gasteiger partial charge is 0.242 e. The van der Waals surface area contributed by atoms with Crippen LogP contribution in [0.15, 0.2) is 24.3 Å². The van der Waals surface area contributed by atoms with Crippen molar-refractivity contribution in [1.29, 1.82) is 0 Å². The Morgan fingerprint density at radius 1 is 1.35 bits per heavy atom. The highest BCUT2D eigenvalue weighted by molar-refractivity contribution is 5.76. The fourth-order valence-electron chi connectivity index (χ4n) is 2.91. The molecule has 0 radical (unpaired) electrons. The first-order chi connectivity index (χ1) is 11.1. The number of hydrogen-bond acceptors (Lipinski definition) is 4. The number of nitrogens with zero attached hydrogens (tertiary/aromatic N) is 4. The maximum absolute atomic E-state index is 12.5. The van der Waals surface area contributed by atoms with Gasteiger partial charge in [0.05, 0.1) is 6.04 Å². The maximum atomic E-state index is 12.5. The first kappa shape index (κ1) is 15.6. The van der Waals surface area contributed by atoms with Gasteiger partial charge >= 0.3 is 0 Å². The van der Waals surface area contributed by atoms with E-state index in [1.807, 2.05) is 26.0 Å². The average Bonchev–Trinajstić information content (AvgIpc) is 3.25. The average molecular weight is 313 g/mol. The number of hydrogen-bond donors (Lipinski definition) is 1. The van der Waals surface area contributed by atoms with Crippen LogP contribution in [0, 0.1) is 12.8 Å². The van der Waals surface area contributed by atoms with Crippen molar-refractivity contribution in [3.05, 3.63) is 41.2 Å². The van der Waals surface area contributed by atoms with Gasteiger partial charge in [0.25, 0.3) is 0 Å². The molecule has 1 fully saturated rings. The largest absolute Gasteiger partial charge is 0.347 e. The summed E-state index contributed by atoms with van der Waals surface area (Å²) in [6, 6.07) is 8.34. The van der Waals surface area contributed by atoms with E-state index in [0.29, 0.717) is 5.92 Å². The zero-order valence-electron chi connectivity index (χ0n) is 13.9. The first-order valence-electron chi connectivity index (χ1n) is 8.17. The SMILES string of the molecule is Cc1ccccc1C(NC(=O)Cn1nnnc1C(C)C)C1CC1. The molecule has 1 amide bonds. The Hall–Kier alpha value is -2.24. The highest BCUT2D eigenvalue weighted by atomic mass is 16.2. The minimum atomic E-state index is -0.0423. The first-order valence-corrected chi connectivity index (χ1v) is 8.17. The summed E-state index contributed by atoms with van der Waals surface area (Å²) >= 11 is 0. The van der Waals surface area contributed by atoms with Crippen LogP contribution >= 0.6 is 0 Å². The van der Waals surface area contributed by atoms with Crippen molar-refractivity contribution in [2.75, 3.05) is 0 Å². The molecule has 6 heteroatoms. The predicted octanol–water partition coefficient (Wildman–Crippen LogP) is 2.37. The highest BCUT2D eigenvalue weighted by Gasteiger charge is 2.34. The summed E-state index contributed by atoms with van der Waals surface area (Å²) in [6.45, 7) is 6.28. The molecule has 1 aliphatic carbocycles. The fraction of sp³-hybridized carbons (Fsp3) is 0.529. The molecule has 2 aromatic rings. The number of carbonyl (C=O) groups excluding carboxylic acids is 1. The van der Waals surface area contributed by atoms with Crippen molar-refractivity contribution in [3.63, 3.8) is 0 Å². The van der Waals surface area contributed by atoms with Crippen LogP contribution in [0.25, 0.3) is 0 Å². The Morgan fingerprint density at radius 3 is 2.74 bits per heavy atom. The monoisotopic (exact) mass is 313 g/mol. The summed E-state index contributed by atoms with van der Waals surface area (Å²) in [4.78, 5) is 12.5. The Bertz CT molecular complexity index is 690. The van der Waals surface area contributed by atoms with Gasteiger partial charge in [0, 0.05) is 5.92 Å². The number of tetrazole rings is 1. The normalized spacial score (nSPS) is 15.7. The van der Waals surface area contributed by atoms with Crippen LogP contribution in [0.5, 0.6) is 0 Å². The lowest BCUT2D eigenvalue weighted by molar-refractivity contribution is -0.122. The Balaban J connectivity index is 1.72. The van der Waals surface area contributed by atoms with Gasteiger partial charge in [0.1, 0.15) is 6.54 Å². The van der Waals surface area contributed by atoms with E-state index in [4.69, 9.17) is 0 Å². The fourth-order valence-corrected chi connectivity index (χ4v) is 2.91. The van der Waals surface area contributed by atoms with Gasteiger partial charge in [0.2, 0.25) is 5.91 Å². The quantitative estimate of drug-likeness (QED) is 0.888. The molecule has 122 valence electrons. The number of carbonyl (C=O) groups is 1. The lowest BCUT2D eigenvalue weighted by atomic mass is 9.97. The zero-order chi connectivity index (χ0) is 16.4. The highest BCUT2D eigenvalue weighted by Crippen LogP contribution is 2.41. The molecule has 0 spiro atoms. The standard InChI is InChI=1S/C17H23N5O/c1-11(2)17-19-20-21-22(17)10-15(23)18-16(13-8-9-13)14-7-5-4-6-12(14)3/h4-7,11,13,16H,8-10H2,1-3H3,(H,18,23). The molecule has 1 aliphatic rings. The summed E-state index contributed by atoms with van der Waals surface area (Å²) in [5.74, 6) is 1.42. The van der Waals surface area contributed by atoms with Crippen LogP contribution in [0.2, 0.25) is 0 Å². The van der Waals surface area contributed by atoms with Crippen LogP contribution < -0.4 is 5.32 Å². The number of amides is 1. The summed E-state index contributed by atoms with van der Waals surface area (Å²) in [6.07, 6.45) is 2.34. The third-order valence-corrected chi connectivity index (χ3v) is 4.30. The molecule has 1 unspecified atom stereocenters. The molecule has 1 aromatic heterocycles. The van der Waals surface area contributed by atoms with Gasteiger partial charge in [-0.2, -0.15) is 0 Å². The van der Waals surface area contributed by atoms with Crippen LogP contribution in [-0.4, -0.2) is 26.1 Å². The number of aromatic nitrogens is 4. The van der Waals surface area contributed by atoms with Crippen molar-refractivity contribution < 1.29 is 4.79 Å². The summed E-state index contributed by atoms with van der Waals surface area (Å²) in [7, 11) is 0. The molecule has 0 saturated heterocycles. The van der Waals surface area contributed by atoms with Gasteiger partial charge in [-0.25, -0.2) is 4.68 Å². The Labute approximate surface area is 136 Å². The maximum Gasteiger partial charge on any atom is 0.242 e. The van der Waals surface area contributed by atoms with Gasteiger partial charge in [-0.05, 0) is 47.2 Å². The molecule has 1 heterocycles. The molecule has 3 rings (SSSR count). The lowest BCUT2D eigenvalue weighted by Crippen LogP contribution is -2.33. The second-order valence-electron chi connectivity index (χ2n) is 6.59. The van der Waals surface area contributed by atoms with E-state index < -0.39 is 0 Å². The third-order valence-electron chi connectivity index (χ3n) is 4.30. The van der Waals surface area contributed by atoms with Gasteiger partial charge < -0.3 is 5.32 Å². The van der Waals surface area contributed by atoms with Crippen molar-refractivity contribution in [2.24, 2.45) is 5.92 Å². The molecule has 1 N–H and O–H groups in total. The molecular weight excluding hydrogens is 290 g/mol. The van der Waals surface area contributed by atoms with E-state index in [0.717, 1.165) is 5.82 Å². The Kier molecular flexibility index (Phi) is 4.41. The second kappa shape index (κ2) is 6.48. The van der Waals surface area contributed by atoms with Crippen molar-refractivity contribution >= 4 is 5.91 Å². The molecule has 1 saturated carbocycles. The van der Waals surface area contributed by atoms with Gasteiger partial charge in [-0.3, -0.25) is 4.79 Å². The molecule has 1 aromatic carbocycles. The summed E-state index contributed by atoms with van der Waals surface area (Å²) in [5.41, 5.74) is 2.43. The number of nitrogens with one attached hydrogen (secondary N) is 1. The lowest BCUT2D eigenvalue weighted by Gasteiger charge is -2.21. The topological polar surface area (TPSA) is 72.7 Å². The molecule has 1 atom stereocenters. The van der Waals surface area contributed by atoms with Crippen LogP contribution in [-0.2, 0) is 11.3 Å². The van der Waals surface area contributed by atoms with Crippen molar-refractivity contribution in [2.45, 2.75) is 52.1 Å².